The highest BCUT2D eigenvalue weighted by molar-refractivity contribution is 9.10. The van der Waals surface area contributed by atoms with Gasteiger partial charge in [-0.25, -0.2) is 0 Å². The van der Waals surface area contributed by atoms with Crippen LogP contribution in [0.3, 0.4) is 0 Å². The minimum absolute atomic E-state index is 0.0941. The topological polar surface area (TPSA) is 50.1 Å². The smallest absolute Gasteiger partial charge is 0.0739 e. The van der Waals surface area contributed by atoms with Crippen molar-refractivity contribution in [3.8, 4) is 0 Å². The summed E-state index contributed by atoms with van der Waals surface area (Å²) in [6.45, 7) is 7.01. The number of aromatic nitrogens is 2. The minimum atomic E-state index is 0.0941. The van der Waals surface area contributed by atoms with E-state index in [0.29, 0.717) is 6.61 Å². The second-order valence-corrected chi connectivity index (χ2v) is 6.78. The molecule has 1 aromatic heterocycles. The molecule has 0 amide bonds. The van der Waals surface area contributed by atoms with Gasteiger partial charge in [0.15, 0.2) is 0 Å². The fourth-order valence-corrected chi connectivity index (χ4v) is 3.60. The van der Waals surface area contributed by atoms with E-state index in [9.17, 15) is 5.11 Å². The molecule has 4 nitrogen and oxygen atoms in total. The predicted molar refractivity (Wildman–Crippen MR) is 84.6 cm³/mol. The summed E-state index contributed by atoms with van der Waals surface area (Å²) in [5.74, 6) is 0. The Hall–Kier alpha value is -0.390. The maximum Gasteiger partial charge on any atom is 0.0739 e. The van der Waals surface area contributed by atoms with Crippen LogP contribution in [-0.4, -0.2) is 28.0 Å². The van der Waals surface area contributed by atoms with Gasteiger partial charge in [0, 0.05) is 31.7 Å². The second-order valence-electron chi connectivity index (χ2n) is 5.98. The van der Waals surface area contributed by atoms with Gasteiger partial charge in [0.05, 0.1) is 15.9 Å². The van der Waals surface area contributed by atoms with E-state index < -0.39 is 0 Å². The standard InChI is InChI=1S/C15H26BrN3O/c1-3-19-13(14(16)12(2)18-19)9-17-10-15(11-20)7-5-4-6-8-15/h17,20H,3-11H2,1-2H3. The SMILES string of the molecule is CCn1nc(C)c(Br)c1CNCC1(CO)CCCCC1. The first-order chi connectivity index (χ1) is 9.62. The summed E-state index contributed by atoms with van der Waals surface area (Å²) in [4.78, 5) is 0. The monoisotopic (exact) mass is 343 g/mol. The molecule has 1 saturated carbocycles. The number of hydrogen-bond donors (Lipinski definition) is 2. The average molecular weight is 344 g/mol. The molecule has 0 spiro atoms. The molecule has 2 N–H and O–H groups in total. The van der Waals surface area contributed by atoms with E-state index in [1.165, 1.54) is 25.0 Å². The summed E-state index contributed by atoms with van der Waals surface area (Å²) in [5, 5.41) is 17.8. The van der Waals surface area contributed by atoms with Gasteiger partial charge < -0.3 is 10.4 Å². The van der Waals surface area contributed by atoms with Crippen molar-refractivity contribution in [3.63, 3.8) is 0 Å². The minimum Gasteiger partial charge on any atom is -0.396 e. The van der Waals surface area contributed by atoms with Crippen molar-refractivity contribution in [1.29, 1.82) is 0 Å². The molecule has 1 heterocycles. The summed E-state index contributed by atoms with van der Waals surface area (Å²) in [6, 6.07) is 0. The summed E-state index contributed by atoms with van der Waals surface area (Å²) in [5.41, 5.74) is 2.34. The van der Waals surface area contributed by atoms with Crippen LogP contribution in [0.4, 0.5) is 0 Å². The Bertz CT molecular complexity index is 439. The number of hydrogen-bond acceptors (Lipinski definition) is 3. The Labute approximate surface area is 130 Å². The van der Waals surface area contributed by atoms with Crippen molar-refractivity contribution < 1.29 is 5.11 Å². The van der Waals surface area contributed by atoms with E-state index in [0.717, 1.165) is 42.6 Å². The second kappa shape index (κ2) is 7.05. The Balaban J connectivity index is 1.95. The van der Waals surface area contributed by atoms with Crippen LogP contribution in [0.2, 0.25) is 0 Å². The van der Waals surface area contributed by atoms with Gasteiger partial charge in [0.25, 0.3) is 0 Å². The fraction of sp³-hybridized carbons (Fsp3) is 0.800. The number of aliphatic hydroxyl groups excluding tert-OH is 1. The molecule has 0 radical (unpaired) electrons. The van der Waals surface area contributed by atoms with Gasteiger partial charge in [0.1, 0.15) is 0 Å². The van der Waals surface area contributed by atoms with Crippen LogP contribution in [0.5, 0.6) is 0 Å². The lowest BCUT2D eigenvalue weighted by Crippen LogP contribution is -2.39. The van der Waals surface area contributed by atoms with Crippen LogP contribution in [0.15, 0.2) is 4.47 Å². The van der Waals surface area contributed by atoms with E-state index in [2.05, 4.69) is 33.3 Å². The molecule has 5 heteroatoms. The molecule has 20 heavy (non-hydrogen) atoms. The molecule has 114 valence electrons. The maximum atomic E-state index is 9.73. The molecule has 0 bridgehead atoms. The Morgan fingerprint density at radius 1 is 1.35 bits per heavy atom. The van der Waals surface area contributed by atoms with Gasteiger partial charge in [-0.05, 0) is 42.6 Å². The molecule has 1 aliphatic carbocycles. The molecule has 1 fully saturated rings. The number of aryl methyl sites for hydroxylation is 2. The normalized spacial score (nSPS) is 18.4. The zero-order valence-corrected chi connectivity index (χ0v) is 14.2. The van der Waals surface area contributed by atoms with Crippen LogP contribution >= 0.6 is 15.9 Å². The van der Waals surface area contributed by atoms with E-state index in [1.807, 2.05) is 11.6 Å². The summed E-state index contributed by atoms with van der Waals surface area (Å²) in [7, 11) is 0. The number of nitrogens with zero attached hydrogens (tertiary/aromatic N) is 2. The lowest BCUT2D eigenvalue weighted by atomic mass is 9.74. The number of rotatable bonds is 6. The van der Waals surface area contributed by atoms with Crippen LogP contribution < -0.4 is 5.32 Å². The zero-order chi connectivity index (χ0) is 14.6. The van der Waals surface area contributed by atoms with E-state index >= 15 is 0 Å². The molecular weight excluding hydrogens is 318 g/mol. The van der Waals surface area contributed by atoms with Crippen molar-refractivity contribution in [2.24, 2.45) is 5.41 Å². The van der Waals surface area contributed by atoms with Crippen molar-refractivity contribution in [2.45, 2.75) is 59.0 Å². The van der Waals surface area contributed by atoms with E-state index in [4.69, 9.17) is 0 Å². The number of nitrogens with one attached hydrogen (secondary N) is 1. The molecule has 0 atom stereocenters. The van der Waals surface area contributed by atoms with Gasteiger partial charge in [-0.3, -0.25) is 4.68 Å². The third-order valence-electron chi connectivity index (χ3n) is 4.49. The molecule has 1 aromatic rings. The third kappa shape index (κ3) is 3.43. The third-order valence-corrected chi connectivity index (χ3v) is 5.53. The summed E-state index contributed by atoms with van der Waals surface area (Å²) in [6.07, 6.45) is 6.10. The summed E-state index contributed by atoms with van der Waals surface area (Å²) >= 11 is 3.63. The van der Waals surface area contributed by atoms with Crippen LogP contribution in [0.25, 0.3) is 0 Å². The molecule has 0 unspecified atom stereocenters. The largest absolute Gasteiger partial charge is 0.396 e. The van der Waals surface area contributed by atoms with Crippen LogP contribution in [-0.2, 0) is 13.1 Å². The molecule has 1 aliphatic rings. The lowest BCUT2D eigenvalue weighted by molar-refractivity contribution is 0.0808. The van der Waals surface area contributed by atoms with Gasteiger partial charge in [0.2, 0.25) is 0 Å². The Kier molecular flexibility index (Phi) is 5.64. The van der Waals surface area contributed by atoms with Gasteiger partial charge in [-0.15, -0.1) is 0 Å². The van der Waals surface area contributed by atoms with Crippen molar-refractivity contribution in [3.05, 3.63) is 15.9 Å². The molecule has 0 aliphatic heterocycles. The number of halogens is 1. The molecule has 0 saturated heterocycles. The van der Waals surface area contributed by atoms with Crippen LogP contribution in [0, 0.1) is 12.3 Å². The lowest BCUT2D eigenvalue weighted by Gasteiger charge is -2.35. The van der Waals surface area contributed by atoms with E-state index in [1.54, 1.807) is 0 Å². The maximum absolute atomic E-state index is 9.73. The van der Waals surface area contributed by atoms with Crippen LogP contribution in [0.1, 0.15) is 50.4 Å². The van der Waals surface area contributed by atoms with Gasteiger partial charge in [-0.1, -0.05) is 19.3 Å². The first kappa shape index (κ1) is 16.0. The van der Waals surface area contributed by atoms with E-state index in [-0.39, 0.29) is 5.41 Å². The van der Waals surface area contributed by atoms with Crippen molar-refractivity contribution >= 4 is 15.9 Å². The van der Waals surface area contributed by atoms with Gasteiger partial charge in [-0.2, -0.15) is 5.10 Å². The Morgan fingerprint density at radius 2 is 2.05 bits per heavy atom. The average Bonchev–Trinajstić information content (AvgIpc) is 2.76. The molecular formula is C15H26BrN3O. The van der Waals surface area contributed by atoms with Gasteiger partial charge >= 0.3 is 0 Å². The first-order valence-corrected chi connectivity index (χ1v) is 8.44. The van der Waals surface area contributed by atoms with Crippen molar-refractivity contribution in [1.82, 2.24) is 15.1 Å². The highest BCUT2D eigenvalue weighted by atomic mass is 79.9. The first-order valence-electron chi connectivity index (χ1n) is 7.65. The zero-order valence-electron chi connectivity index (χ0n) is 12.6. The highest BCUT2D eigenvalue weighted by Crippen LogP contribution is 2.35. The Morgan fingerprint density at radius 3 is 2.65 bits per heavy atom. The quantitative estimate of drug-likeness (QED) is 0.834. The highest BCUT2D eigenvalue weighted by Gasteiger charge is 2.31. The number of aliphatic hydroxyl groups is 1. The van der Waals surface area contributed by atoms with Crippen molar-refractivity contribution in [2.75, 3.05) is 13.2 Å². The summed E-state index contributed by atoms with van der Waals surface area (Å²) < 4.78 is 3.15. The molecule has 0 aromatic carbocycles. The fourth-order valence-electron chi connectivity index (χ4n) is 3.18. The predicted octanol–water partition coefficient (Wildman–Crippen LogP) is 3.01. The molecule has 2 rings (SSSR count).